The average molecular weight is 605 g/mol. The van der Waals surface area contributed by atoms with Crippen LogP contribution in [0.25, 0.3) is 10.2 Å². The van der Waals surface area contributed by atoms with Crippen molar-refractivity contribution in [1.29, 1.82) is 10.5 Å². The first kappa shape index (κ1) is 28.2. The molecule has 1 amide bonds. The first-order valence-corrected chi connectivity index (χ1v) is 14.1. The van der Waals surface area contributed by atoms with Crippen LogP contribution in [0.1, 0.15) is 30.1 Å². The highest BCUT2D eigenvalue weighted by atomic mass is 79.9. The zero-order valence-corrected chi connectivity index (χ0v) is 23.0. The molecule has 0 saturated heterocycles. The Morgan fingerprint density at radius 3 is 2.35 bits per heavy atom. The first-order valence-electron chi connectivity index (χ1n) is 11.1. The summed E-state index contributed by atoms with van der Waals surface area (Å²) in [5, 5.41) is 17.7. The van der Waals surface area contributed by atoms with Gasteiger partial charge < -0.3 is 9.30 Å². The molecule has 1 heterocycles. The Balaban J connectivity index is 1.95. The van der Waals surface area contributed by atoms with E-state index in [4.69, 9.17) is 15.3 Å². The lowest BCUT2D eigenvalue weighted by atomic mass is 10.2. The molecule has 0 aliphatic rings. The summed E-state index contributed by atoms with van der Waals surface area (Å²) in [7, 11) is -3.96. The van der Waals surface area contributed by atoms with Crippen molar-refractivity contribution in [2.45, 2.75) is 31.2 Å². The minimum atomic E-state index is -3.96. The molecule has 2 aromatic carbocycles. The van der Waals surface area contributed by atoms with Crippen molar-refractivity contribution >= 4 is 59.4 Å². The molecule has 10 nitrogen and oxygen atoms in total. The van der Waals surface area contributed by atoms with Crippen LogP contribution in [0.15, 0.2) is 56.8 Å². The van der Waals surface area contributed by atoms with Gasteiger partial charge >= 0.3 is 5.97 Å². The first-order chi connectivity index (χ1) is 17.7. The van der Waals surface area contributed by atoms with Crippen LogP contribution in [0.2, 0.25) is 0 Å². The number of carbonyl (C=O) groups excluding carboxylic acids is 2. The maximum Gasteiger partial charge on any atom is 0.326 e. The highest BCUT2D eigenvalue weighted by Crippen LogP contribution is 2.23. The summed E-state index contributed by atoms with van der Waals surface area (Å²) in [4.78, 5) is 29.6. The van der Waals surface area contributed by atoms with E-state index in [9.17, 15) is 18.0 Å². The van der Waals surface area contributed by atoms with Gasteiger partial charge in [-0.15, -0.1) is 0 Å². The molecule has 0 fully saturated rings. The zero-order chi connectivity index (χ0) is 27.0. The van der Waals surface area contributed by atoms with Gasteiger partial charge in [0.05, 0.1) is 33.9 Å². The van der Waals surface area contributed by atoms with E-state index >= 15 is 0 Å². The molecule has 0 atom stereocenters. The Labute approximate surface area is 226 Å². The van der Waals surface area contributed by atoms with E-state index in [2.05, 4.69) is 20.9 Å². The third-order valence-electron chi connectivity index (χ3n) is 5.12. The van der Waals surface area contributed by atoms with Crippen LogP contribution in [0, 0.1) is 22.7 Å². The number of carbonyl (C=O) groups is 2. The predicted octanol–water partition coefficient (Wildman–Crippen LogP) is 3.59. The normalized spacial score (nSPS) is 11.9. The SMILES string of the molecule is CCOC(=O)Cn1c(=NC(=O)c2ccc(S(=O)(=O)N(CCC#N)CCC#N)cc2)sc2cc(Br)ccc21. The van der Waals surface area contributed by atoms with Gasteiger partial charge in [0.2, 0.25) is 10.0 Å². The van der Waals surface area contributed by atoms with Crippen molar-refractivity contribution in [3.63, 3.8) is 0 Å². The lowest BCUT2D eigenvalue weighted by molar-refractivity contribution is -0.143. The van der Waals surface area contributed by atoms with Gasteiger partial charge in [-0.3, -0.25) is 9.59 Å². The van der Waals surface area contributed by atoms with E-state index in [-0.39, 0.29) is 49.5 Å². The molecular weight excluding hydrogens is 582 g/mol. The molecule has 0 bridgehead atoms. The van der Waals surface area contributed by atoms with Crippen LogP contribution in [-0.4, -0.2) is 48.9 Å². The number of esters is 1. The average Bonchev–Trinajstić information content (AvgIpc) is 3.19. The van der Waals surface area contributed by atoms with Crippen molar-refractivity contribution in [3.05, 3.63) is 57.3 Å². The van der Waals surface area contributed by atoms with Crippen LogP contribution in [0.4, 0.5) is 0 Å². The van der Waals surface area contributed by atoms with Crippen molar-refractivity contribution in [1.82, 2.24) is 8.87 Å². The zero-order valence-electron chi connectivity index (χ0n) is 19.8. The highest BCUT2D eigenvalue weighted by Gasteiger charge is 2.24. The molecule has 0 N–H and O–H groups in total. The van der Waals surface area contributed by atoms with Crippen molar-refractivity contribution in [3.8, 4) is 12.1 Å². The van der Waals surface area contributed by atoms with E-state index in [1.807, 2.05) is 30.3 Å². The molecular formula is C24H22BrN5O5S2. The molecule has 3 aromatic rings. The molecule has 0 unspecified atom stereocenters. The molecule has 0 aliphatic carbocycles. The molecule has 3 rings (SSSR count). The fourth-order valence-electron chi connectivity index (χ4n) is 3.39. The van der Waals surface area contributed by atoms with Crippen LogP contribution >= 0.6 is 27.3 Å². The summed E-state index contributed by atoms with van der Waals surface area (Å²) < 4.78 is 35.4. The quantitative estimate of drug-likeness (QED) is 0.322. The van der Waals surface area contributed by atoms with E-state index in [0.717, 1.165) is 13.5 Å². The van der Waals surface area contributed by atoms with Crippen molar-refractivity contribution < 1.29 is 22.7 Å². The fourth-order valence-corrected chi connectivity index (χ4v) is 6.41. The van der Waals surface area contributed by atoms with Crippen molar-refractivity contribution in [2.75, 3.05) is 19.7 Å². The van der Waals surface area contributed by atoms with Crippen molar-refractivity contribution in [2.24, 2.45) is 4.99 Å². The summed E-state index contributed by atoms with van der Waals surface area (Å²) in [6, 6.07) is 14.6. The number of ether oxygens (including phenoxy) is 1. The number of rotatable bonds is 10. The van der Waals surface area contributed by atoms with Gasteiger partial charge in [0.15, 0.2) is 4.80 Å². The second-order valence-corrected chi connectivity index (χ2v) is 11.4. The number of fused-ring (bicyclic) bond motifs is 1. The number of nitriles is 2. The predicted molar refractivity (Wildman–Crippen MR) is 140 cm³/mol. The van der Waals surface area contributed by atoms with Crippen LogP contribution in [0.3, 0.4) is 0 Å². The Morgan fingerprint density at radius 1 is 1.11 bits per heavy atom. The fraction of sp³-hybridized carbons (Fsp3) is 0.292. The Bertz CT molecular complexity index is 1550. The Kier molecular flexibility index (Phi) is 9.72. The Morgan fingerprint density at radius 2 is 1.76 bits per heavy atom. The molecule has 1 aromatic heterocycles. The second kappa shape index (κ2) is 12.7. The number of amides is 1. The summed E-state index contributed by atoms with van der Waals surface area (Å²) in [6.07, 6.45) is -0.0324. The molecule has 0 saturated carbocycles. The number of nitrogens with zero attached hydrogens (tertiary/aromatic N) is 5. The number of thiazole rings is 1. The van der Waals surface area contributed by atoms with Gasteiger partial charge in [0.1, 0.15) is 6.54 Å². The van der Waals surface area contributed by atoms with Crippen LogP contribution < -0.4 is 4.80 Å². The second-order valence-electron chi connectivity index (χ2n) is 7.55. The smallest absolute Gasteiger partial charge is 0.326 e. The minimum Gasteiger partial charge on any atom is -0.465 e. The van der Waals surface area contributed by atoms with E-state index in [0.29, 0.717) is 10.3 Å². The minimum absolute atomic E-state index is 0.0162. The Hall–Kier alpha value is -3.36. The maximum atomic E-state index is 13.0. The number of hydrogen-bond acceptors (Lipinski definition) is 8. The van der Waals surface area contributed by atoms with Gasteiger partial charge in [0, 0.05) is 36.0 Å². The molecule has 0 radical (unpaired) electrons. The van der Waals surface area contributed by atoms with Crippen LogP contribution in [0.5, 0.6) is 0 Å². The third kappa shape index (κ3) is 6.90. The van der Waals surface area contributed by atoms with Gasteiger partial charge in [-0.2, -0.15) is 19.8 Å². The molecule has 0 aliphatic heterocycles. The highest BCUT2D eigenvalue weighted by molar-refractivity contribution is 9.10. The summed E-state index contributed by atoms with van der Waals surface area (Å²) in [5.41, 5.74) is 0.866. The molecule has 0 spiro atoms. The van der Waals surface area contributed by atoms with Gasteiger partial charge in [-0.05, 0) is 49.4 Å². The number of benzene rings is 2. The number of aromatic nitrogens is 1. The third-order valence-corrected chi connectivity index (χ3v) is 8.57. The summed E-state index contributed by atoms with van der Waals surface area (Å²) in [5.74, 6) is -1.08. The lowest BCUT2D eigenvalue weighted by Gasteiger charge is -2.20. The van der Waals surface area contributed by atoms with Crippen LogP contribution in [-0.2, 0) is 26.1 Å². The van der Waals surface area contributed by atoms with Gasteiger partial charge in [-0.1, -0.05) is 27.3 Å². The monoisotopic (exact) mass is 603 g/mol. The topological polar surface area (TPSA) is 146 Å². The van der Waals surface area contributed by atoms with E-state index in [1.54, 1.807) is 11.5 Å². The van der Waals surface area contributed by atoms with Gasteiger partial charge in [-0.25, -0.2) is 8.42 Å². The maximum absolute atomic E-state index is 13.0. The largest absolute Gasteiger partial charge is 0.465 e. The number of sulfonamides is 1. The number of hydrogen-bond donors (Lipinski definition) is 0. The number of halogens is 1. The van der Waals surface area contributed by atoms with E-state index < -0.39 is 21.9 Å². The van der Waals surface area contributed by atoms with Gasteiger partial charge in [0.25, 0.3) is 5.91 Å². The lowest BCUT2D eigenvalue weighted by Crippen LogP contribution is -2.32. The molecule has 13 heteroatoms. The molecule has 192 valence electrons. The van der Waals surface area contributed by atoms with E-state index in [1.165, 1.54) is 35.6 Å². The standard InChI is InChI=1S/C24H22BrN5O5S2/c1-2-35-22(31)16-30-20-10-7-18(25)15-21(20)36-24(30)28-23(32)17-5-8-19(9-6-17)37(33,34)29(13-3-11-26)14-4-12-27/h5-10,15H,2-4,13-14,16H2,1H3. The summed E-state index contributed by atoms with van der Waals surface area (Å²) >= 11 is 4.64. The molecule has 37 heavy (non-hydrogen) atoms. The summed E-state index contributed by atoms with van der Waals surface area (Å²) in [6.45, 7) is 1.71.